The smallest absolute Gasteiger partial charge is 0.334 e. The molecule has 0 N–H and O–H groups in total. The van der Waals surface area contributed by atoms with Crippen LogP contribution in [0.25, 0.3) is 0 Å². The molecule has 0 bridgehead atoms. The normalized spacial score (nSPS) is 26.1. The molecule has 0 spiro atoms. The molecular weight excluding hydrogens is 272 g/mol. The quantitative estimate of drug-likeness (QED) is 0.516. The van der Waals surface area contributed by atoms with Crippen molar-refractivity contribution in [3.05, 3.63) is 34.4 Å². The van der Waals surface area contributed by atoms with Gasteiger partial charge in [-0.15, -0.1) is 0 Å². The Balaban J connectivity index is 2.17. The van der Waals surface area contributed by atoms with Crippen LogP contribution in [0.5, 0.6) is 0 Å². The zero-order valence-electron chi connectivity index (χ0n) is 14.6. The van der Waals surface area contributed by atoms with E-state index < -0.39 is 0 Å². The Hall–Kier alpha value is -1.31. The summed E-state index contributed by atoms with van der Waals surface area (Å²) in [5, 5.41) is 0. The first-order valence-corrected chi connectivity index (χ1v) is 8.67. The summed E-state index contributed by atoms with van der Waals surface area (Å²) in [6.07, 6.45) is 11.1. The Morgan fingerprint density at radius 3 is 2.91 bits per heavy atom. The van der Waals surface area contributed by atoms with Gasteiger partial charge in [0.05, 0.1) is 0 Å². The molecule has 2 nitrogen and oxygen atoms in total. The average molecular weight is 302 g/mol. The highest BCUT2D eigenvalue weighted by Crippen LogP contribution is 2.37. The minimum absolute atomic E-state index is 0.0476. The monoisotopic (exact) mass is 302 g/mol. The summed E-state index contributed by atoms with van der Waals surface area (Å²) in [5.41, 5.74) is 5.12. The standard InChI is InChI=1S/C20H30O2/c1-14(2)7-5-9-16(4)18-12-11-15(3)8-6-10-17-13-22-20(21)19(17)18/h7-8,16,18H,5-6,9-13H2,1-4H3/b15-8+/t16-,18+/m0/s1. The number of allylic oxidation sites excluding steroid dienone is 4. The lowest BCUT2D eigenvalue weighted by molar-refractivity contribution is -0.136. The molecule has 0 fully saturated rings. The molecule has 0 amide bonds. The summed E-state index contributed by atoms with van der Waals surface area (Å²) in [6, 6.07) is 0. The van der Waals surface area contributed by atoms with Crippen molar-refractivity contribution in [2.24, 2.45) is 11.8 Å². The Kier molecular flexibility index (Phi) is 6.05. The molecule has 1 heterocycles. The summed E-state index contributed by atoms with van der Waals surface area (Å²) in [5.74, 6) is 0.836. The third-order valence-electron chi connectivity index (χ3n) is 5.00. The molecule has 2 atom stereocenters. The van der Waals surface area contributed by atoms with Crippen molar-refractivity contribution in [2.45, 2.75) is 66.2 Å². The van der Waals surface area contributed by atoms with Crippen LogP contribution < -0.4 is 0 Å². The number of ether oxygens (including phenoxy) is 1. The molecule has 0 saturated heterocycles. The third kappa shape index (κ3) is 4.34. The molecule has 2 rings (SSSR count). The highest BCUT2D eigenvalue weighted by molar-refractivity contribution is 5.92. The first kappa shape index (κ1) is 17.1. The van der Waals surface area contributed by atoms with Gasteiger partial charge in [0, 0.05) is 5.57 Å². The van der Waals surface area contributed by atoms with E-state index in [0.29, 0.717) is 18.4 Å². The zero-order valence-corrected chi connectivity index (χ0v) is 14.6. The average Bonchev–Trinajstić information content (AvgIpc) is 2.83. The molecule has 0 aromatic heterocycles. The molecule has 0 saturated carbocycles. The van der Waals surface area contributed by atoms with Crippen molar-refractivity contribution in [2.75, 3.05) is 6.61 Å². The van der Waals surface area contributed by atoms with Crippen molar-refractivity contribution < 1.29 is 9.53 Å². The van der Waals surface area contributed by atoms with Gasteiger partial charge in [0.2, 0.25) is 0 Å². The largest absolute Gasteiger partial charge is 0.458 e. The number of carbonyl (C=O) groups excluding carboxylic acids is 1. The summed E-state index contributed by atoms with van der Waals surface area (Å²) in [4.78, 5) is 12.3. The van der Waals surface area contributed by atoms with E-state index in [0.717, 1.165) is 44.1 Å². The SMILES string of the molecule is CC(C)=CCC[C@H](C)[C@H]1CC/C(C)=C/CCC2=C1C(=O)OC2. The first-order valence-electron chi connectivity index (χ1n) is 8.67. The second-order valence-electron chi connectivity index (χ2n) is 7.16. The number of rotatable bonds is 4. The first-order chi connectivity index (χ1) is 10.5. The van der Waals surface area contributed by atoms with Crippen LogP contribution in [0.3, 0.4) is 0 Å². The van der Waals surface area contributed by atoms with Crippen LogP contribution >= 0.6 is 0 Å². The summed E-state index contributed by atoms with van der Waals surface area (Å²) >= 11 is 0. The van der Waals surface area contributed by atoms with Gasteiger partial charge in [-0.05, 0) is 76.7 Å². The van der Waals surface area contributed by atoms with Gasteiger partial charge in [0.1, 0.15) is 6.61 Å². The van der Waals surface area contributed by atoms with E-state index >= 15 is 0 Å². The topological polar surface area (TPSA) is 26.3 Å². The van der Waals surface area contributed by atoms with Crippen LogP contribution in [0.15, 0.2) is 34.4 Å². The molecule has 0 aromatic carbocycles. The van der Waals surface area contributed by atoms with E-state index in [1.165, 1.54) is 16.7 Å². The highest BCUT2D eigenvalue weighted by Gasteiger charge is 2.34. The molecular formula is C20H30O2. The molecule has 1 aliphatic heterocycles. The van der Waals surface area contributed by atoms with Crippen LogP contribution in [0.4, 0.5) is 0 Å². The Morgan fingerprint density at radius 2 is 2.18 bits per heavy atom. The molecule has 22 heavy (non-hydrogen) atoms. The highest BCUT2D eigenvalue weighted by atomic mass is 16.5. The van der Waals surface area contributed by atoms with Crippen molar-refractivity contribution in [3.63, 3.8) is 0 Å². The molecule has 0 aromatic rings. The van der Waals surface area contributed by atoms with E-state index in [9.17, 15) is 4.79 Å². The lowest BCUT2D eigenvalue weighted by Crippen LogP contribution is -2.19. The fourth-order valence-electron chi connectivity index (χ4n) is 3.60. The van der Waals surface area contributed by atoms with Gasteiger partial charge in [-0.1, -0.05) is 30.2 Å². The maximum absolute atomic E-state index is 12.3. The van der Waals surface area contributed by atoms with E-state index in [4.69, 9.17) is 4.74 Å². The van der Waals surface area contributed by atoms with Gasteiger partial charge >= 0.3 is 5.97 Å². The van der Waals surface area contributed by atoms with Gasteiger partial charge in [-0.3, -0.25) is 0 Å². The lowest BCUT2D eigenvalue weighted by atomic mass is 9.79. The van der Waals surface area contributed by atoms with Crippen LogP contribution in [-0.4, -0.2) is 12.6 Å². The van der Waals surface area contributed by atoms with Gasteiger partial charge < -0.3 is 4.74 Å². The Morgan fingerprint density at radius 1 is 1.41 bits per heavy atom. The van der Waals surface area contributed by atoms with Crippen LogP contribution in [0, 0.1) is 11.8 Å². The number of hydrogen-bond donors (Lipinski definition) is 0. The molecule has 1 aliphatic carbocycles. The van der Waals surface area contributed by atoms with Crippen molar-refractivity contribution >= 4 is 5.97 Å². The fraction of sp³-hybridized carbons (Fsp3) is 0.650. The van der Waals surface area contributed by atoms with Gasteiger partial charge in [-0.25, -0.2) is 4.79 Å². The third-order valence-corrected chi connectivity index (χ3v) is 5.00. The van der Waals surface area contributed by atoms with Crippen LogP contribution in [-0.2, 0) is 9.53 Å². The Labute approximate surface area is 135 Å². The van der Waals surface area contributed by atoms with Crippen molar-refractivity contribution in [1.29, 1.82) is 0 Å². The van der Waals surface area contributed by atoms with Gasteiger partial charge in [-0.2, -0.15) is 0 Å². The van der Waals surface area contributed by atoms with Crippen LogP contribution in [0.1, 0.15) is 66.2 Å². The van der Waals surface area contributed by atoms with E-state index in [2.05, 4.69) is 39.8 Å². The van der Waals surface area contributed by atoms with Crippen LogP contribution in [0.2, 0.25) is 0 Å². The molecule has 122 valence electrons. The fourth-order valence-corrected chi connectivity index (χ4v) is 3.60. The maximum atomic E-state index is 12.3. The molecule has 0 unspecified atom stereocenters. The number of esters is 1. The molecule has 0 radical (unpaired) electrons. The predicted molar refractivity (Wildman–Crippen MR) is 91.5 cm³/mol. The van der Waals surface area contributed by atoms with Crippen molar-refractivity contribution in [3.8, 4) is 0 Å². The summed E-state index contributed by atoms with van der Waals surface area (Å²) in [7, 11) is 0. The minimum atomic E-state index is -0.0476. The predicted octanol–water partition coefficient (Wildman–Crippen LogP) is 5.36. The van der Waals surface area contributed by atoms with Gasteiger partial charge in [0.15, 0.2) is 0 Å². The molecule has 2 aliphatic rings. The maximum Gasteiger partial charge on any atom is 0.334 e. The second kappa shape index (κ2) is 7.80. The van der Waals surface area contributed by atoms with E-state index in [1.807, 2.05) is 0 Å². The lowest BCUT2D eigenvalue weighted by Gasteiger charge is -2.24. The van der Waals surface area contributed by atoms with Crippen molar-refractivity contribution in [1.82, 2.24) is 0 Å². The number of carbonyl (C=O) groups is 1. The number of hydrogen-bond acceptors (Lipinski definition) is 2. The Bertz CT molecular complexity index is 504. The zero-order chi connectivity index (χ0) is 16.1. The van der Waals surface area contributed by atoms with Gasteiger partial charge in [0.25, 0.3) is 0 Å². The minimum Gasteiger partial charge on any atom is -0.458 e. The van der Waals surface area contributed by atoms with E-state index in [1.54, 1.807) is 0 Å². The number of cyclic esters (lactones) is 1. The summed E-state index contributed by atoms with van der Waals surface area (Å²) in [6.45, 7) is 9.34. The summed E-state index contributed by atoms with van der Waals surface area (Å²) < 4.78 is 5.36. The molecule has 2 heteroatoms. The van der Waals surface area contributed by atoms with E-state index in [-0.39, 0.29) is 5.97 Å². The second-order valence-corrected chi connectivity index (χ2v) is 7.16.